The maximum absolute atomic E-state index is 12.1. The SMILES string of the molecule is CC(C)(C)C.Cc1ccc(NS(=O)(=O)Cc2ccc(Cl)cc2)c(=O)n1C(=O)O. The van der Waals surface area contributed by atoms with Gasteiger partial charge in [-0.1, -0.05) is 51.4 Å². The fourth-order valence-electron chi connectivity index (χ4n) is 1.95. The van der Waals surface area contributed by atoms with Crippen LogP contribution in [0.15, 0.2) is 41.2 Å². The van der Waals surface area contributed by atoms with E-state index in [0.29, 0.717) is 20.6 Å². The molecule has 1 heterocycles. The third-order valence-electron chi connectivity index (χ3n) is 3.00. The first-order valence-electron chi connectivity index (χ1n) is 8.40. The molecule has 0 saturated heterocycles. The number of aryl methyl sites for hydroxylation is 1. The third kappa shape index (κ3) is 8.14. The van der Waals surface area contributed by atoms with Gasteiger partial charge in [0.15, 0.2) is 0 Å². The molecule has 0 spiro atoms. The lowest BCUT2D eigenvalue weighted by atomic mass is 10.0. The number of hydrogen-bond acceptors (Lipinski definition) is 4. The Balaban J connectivity index is 0.000000696. The Morgan fingerprint density at radius 3 is 2.07 bits per heavy atom. The molecular formula is C19H25ClN2O5S. The van der Waals surface area contributed by atoms with Crippen LogP contribution in [0.5, 0.6) is 0 Å². The van der Waals surface area contributed by atoms with Crippen LogP contribution in [0.3, 0.4) is 0 Å². The second-order valence-electron chi connectivity index (χ2n) is 7.80. The summed E-state index contributed by atoms with van der Waals surface area (Å²) in [4.78, 5) is 23.1. The van der Waals surface area contributed by atoms with Crippen LogP contribution in [0.2, 0.25) is 5.02 Å². The van der Waals surface area contributed by atoms with E-state index < -0.39 is 21.7 Å². The Morgan fingerprint density at radius 1 is 1.11 bits per heavy atom. The molecule has 0 bridgehead atoms. The Kier molecular flexibility index (Phi) is 7.84. The summed E-state index contributed by atoms with van der Waals surface area (Å²) in [6.45, 7) is 10.2. The van der Waals surface area contributed by atoms with Gasteiger partial charge in [0.05, 0.1) is 5.75 Å². The van der Waals surface area contributed by atoms with Gasteiger partial charge >= 0.3 is 6.09 Å². The Bertz CT molecular complexity index is 984. The molecular weight excluding hydrogens is 404 g/mol. The number of nitrogens with zero attached hydrogens (tertiary/aromatic N) is 1. The molecule has 2 aromatic rings. The van der Waals surface area contributed by atoms with E-state index >= 15 is 0 Å². The highest BCUT2D eigenvalue weighted by Gasteiger charge is 2.17. The number of pyridine rings is 1. The normalized spacial score (nSPS) is 11.4. The van der Waals surface area contributed by atoms with E-state index in [4.69, 9.17) is 16.7 Å². The standard InChI is InChI=1S/C14H13ClN2O5S.C5H12/c1-9-2-7-12(13(18)17(9)14(19)20)16-23(21,22)8-10-3-5-11(15)6-4-10;1-5(2,3)4/h2-7,16H,8H2,1H3,(H,19,20);1-4H3. The topological polar surface area (TPSA) is 105 Å². The van der Waals surface area contributed by atoms with Gasteiger partial charge in [-0.2, -0.15) is 0 Å². The highest BCUT2D eigenvalue weighted by Crippen LogP contribution is 2.14. The molecule has 1 aromatic carbocycles. The van der Waals surface area contributed by atoms with Crippen molar-refractivity contribution in [1.82, 2.24) is 4.57 Å². The molecule has 0 saturated carbocycles. The number of benzene rings is 1. The van der Waals surface area contributed by atoms with Crippen LogP contribution in [0.4, 0.5) is 10.5 Å². The molecule has 7 nitrogen and oxygen atoms in total. The van der Waals surface area contributed by atoms with Gasteiger partial charge in [-0.3, -0.25) is 9.52 Å². The van der Waals surface area contributed by atoms with E-state index in [1.165, 1.54) is 19.1 Å². The van der Waals surface area contributed by atoms with E-state index in [9.17, 15) is 18.0 Å². The minimum Gasteiger partial charge on any atom is -0.464 e. The second-order valence-corrected chi connectivity index (χ2v) is 9.96. The largest absolute Gasteiger partial charge is 0.464 e. The minimum absolute atomic E-state index is 0.183. The molecule has 0 aliphatic rings. The van der Waals surface area contributed by atoms with Crippen molar-refractivity contribution in [2.24, 2.45) is 5.41 Å². The van der Waals surface area contributed by atoms with Crippen LogP contribution < -0.4 is 10.3 Å². The minimum atomic E-state index is -3.88. The van der Waals surface area contributed by atoms with Crippen molar-refractivity contribution in [2.75, 3.05) is 4.72 Å². The maximum atomic E-state index is 12.1. The van der Waals surface area contributed by atoms with Gasteiger partial charge in [0, 0.05) is 10.7 Å². The zero-order valence-corrected chi connectivity index (χ0v) is 18.1. The van der Waals surface area contributed by atoms with Crippen LogP contribution in [-0.2, 0) is 15.8 Å². The number of carbonyl (C=O) groups is 1. The van der Waals surface area contributed by atoms with Crippen LogP contribution in [0, 0.1) is 12.3 Å². The Morgan fingerprint density at radius 2 is 1.61 bits per heavy atom. The fraction of sp³-hybridized carbons (Fsp3) is 0.368. The summed E-state index contributed by atoms with van der Waals surface area (Å²) in [5, 5.41) is 9.48. The maximum Gasteiger partial charge on any atom is 0.418 e. The molecule has 1 aromatic heterocycles. The van der Waals surface area contributed by atoms with E-state index in [0.717, 1.165) is 0 Å². The predicted octanol–water partition coefficient (Wildman–Crippen LogP) is 4.33. The van der Waals surface area contributed by atoms with E-state index in [1.807, 2.05) is 0 Å². The number of hydrogen-bond donors (Lipinski definition) is 2. The zero-order valence-electron chi connectivity index (χ0n) is 16.5. The lowest BCUT2D eigenvalue weighted by Gasteiger charge is -2.10. The molecule has 2 rings (SSSR count). The Labute approximate surface area is 170 Å². The van der Waals surface area contributed by atoms with Crippen molar-refractivity contribution < 1.29 is 18.3 Å². The first-order chi connectivity index (χ1) is 12.7. The lowest BCUT2D eigenvalue weighted by Crippen LogP contribution is -2.31. The highest BCUT2D eigenvalue weighted by molar-refractivity contribution is 7.91. The molecule has 0 aliphatic carbocycles. The van der Waals surface area contributed by atoms with Crippen molar-refractivity contribution in [3.63, 3.8) is 0 Å². The second kappa shape index (κ2) is 9.25. The molecule has 0 radical (unpaired) electrons. The zero-order chi connectivity index (χ0) is 21.7. The quantitative estimate of drug-likeness (QED) is 0.753. The number of aromatic nitrogens is 1. The van der Waals surface area contributed by atoms with Gasteiger partial charge in [-0.15, -0.1) is 0 Å². The number of halogens is 1. The molecule has 0 aliphatic heterocycles. The van der Waals surface area contributed by atoms with E-state index in [2.05, 4.69) is 32.4 Å². The van der Waals surface area contributed by atoms with Crippen molar-refractivity contribution >= 4 is 33.4 Å². The molecule has 0 atom stereocenters. The molecule has 9 heteroatoms. The van der Waals surface area contributed by atoms with Crippen LogP contribution >= 0.6 is 11.6 Å². The average Bonchev–Trinajstić information content (AvgIpc) is 2.50. The fourth-order valence-corrected chi connectivity index (χ4v) is 3.27. The average molecular weight is 429 g/mol. The molecule has 154 valence electrons. The van der Waals surface area contributed by atoms with Gasteiger partial charge in [-0.05, 0) is 42.2 Å². The molecule has 2 N–H and O–H groups in total. The van der Waals surface area contributed by atoms with Crippen molar-refractivity contribution in [3.05, 3.63) is 63.0 Å². The summed E-state index contributed by atoms with van der Waals surface area (Å²) in [5.74, 6) is -0.370. The monoisotopic (exact) mass is 428 g/mol. The summed E-state index contributed by atoms with van der Waals surface area (Å²) >= 11 is 5.73. The summed E-state index contributed by atoms with van der Waals surface area (Å²) in [6.07, 6.45) is -1.48. The Hall–Kier alpha value is -2.32. The first kappa shape index (κ1) is 23.7. The smallest absolute Gasteiger partial charge is 0.418 e. The van der Waals surface area contributed by atoms with Crippen molar-refractivity contribution in [2.45, 2.75) is 40.4 Å². The van der Waals surface area contributed by atoms with Crippen LogP contribution in [0.1, 0.15) is 39.0 Å². The van der Waals surface area contributed by atoms with Crippen molar-refractivity contribution in [3.8, 4) is 0 Å². The van der Waals surface area contributed by atoms with Gasteiger partial charge in [0.1, 0.15) is 5.69 Å². The number of rotatable bonds is 4. The van der Waals surface area contributed by atoms with Gasteiger partial charge in [-0.25, -0.2) is 17.8 Å². The van der Waals surface area contributed by atoms with E-state index in [-0.39, 0.29) is 17.1 Å². The molecule has 0 fully saturated rings. The molecule has 0 amide bonds. The van der Waals surface area contributed by atoms with E-state index in [1.54, 1.807) is 24.3 Å². The number of nitrogens with one attached hydrogen (secondary N) is 1. The number of carboxylic acid groups (broad SMARTS) is 1. The summed E-state index contributed by atoms with van der Waals surface area (Å²) in [6, 6.07) is 8.77. The molecule has 0 unspecified atom stereocenters. The van der Waals surface area contributed by atoms with Crippen molar-refractivity contribution in [1.29, 1.82) is 0 Å². The highest BCUT2D eigenvalue weighted by atomic mass is 35.5. The van der Waals surface area contributed by atoms with Gasteiger partial charge in [0.25, 0.3) is 5.56 Å². The van der Waals surface area contributed by atoms with Gasteiger partial charge < -0.3 is 5.11 Å². The summed E-state index contributed by atoms with van der Waals surface area (Å²) < 4.78 is 26.9. The third-order valence-corrected chi connectivity index (χ3v) is 4.50. The summed E-state index contributed by atoms with van der Waals surface area (Å²) in [5.41, 5.74) is -0.111. The predicted molar refractivity (Wildman–Crippen MR) is 112 cm³/mol. The van der Waals surface area contributed by atoms with Gasteiger partial charge in [0.2, 0.25) is 10.0 Å². The summed E-state index contributed by atoms with van der Waals surface area (Å²) in [7, 11) is -3.88. The first-order valence-corrected chi connectivity index (χ1v) is 10.4. The number of anilines is 1. The van der Waals surface area contributed by atoms with Crippen LogP contribution in [-0.4, -0.2) is 24.2 Å². The molecule has 28 heavy (non-hydrogen) atoms. The van der Waals surface area contributed by atoms with Crippen LogP contribution in [0.25, 0.3) is 0 Å². The lowest BCUT2D eigenvalue weighted by molar-refractivity contribution is 0.194. The number of sulfonamides is 1.